The molecule has 2 rings (SSSR count). The molecule has 1 amide bonds. The normalized spacial score (nSPS) is 11.2. The van der Waals surface area contributed by atoms with Crippen molar-refractivity contribution in [2.24, 2.45) is 0 Å². The summed E-state index contributed by atoms with van der Waals surface area (Å²) in [6.45, 7) is 5.37. The minimum absolute atomic E-state index is 0.0511. The van der Waals surface area contributed by atoms with E-state index in [1.807, 2.05) is 0 Å². The molecule has 1 aromatic carbocycles. The van der Waals surface area contributed by atoms with Gasteiger partial charge in [-0.25, -0.2) is 4.79 Å². The first-order valence-electron chi connectivity index (χ1n) is 6.43. The molecule has 0 fully saturated rings. The van der Waals surface area contributed by atoms with Crippen LogP contribution < -0.4 is 5.32 Å². The van der Waals surface area contributed by atoms with Crippen LogP contribution in [0.15, 0.2) is 28.8 Å². The van der Waals surface area contributed by atoms with Crippen LogP contribution in [-0.2, 0) is 11.3 Å². The van der Waals surface area contributed by atoms with Crippen LogP contribution in [0.3, 0.4) is 0 Å². The fourth-order valence-corrected chi connectivity index (χ4v) is 1.56. The minimum Gasteiger partial charge on any atom is -0.507 e. The molecule has 2 aromatic rings. The number of phenols is 1. The number of aromatic nitrogens is 2. The van der Waals surface area contributed by atoms with E-state index in [-0.39, 0.29) is 24.0 Å². The van der Waals surface area contributed by atoms with Crippen molar-refractivity contribution in [3.63, 3.8) is 0 Å². The zero-order valence-corrected chi connectivity index (χ0v) is 12.1. The van der Waals surface area contributed by atoms with Crippen LogP contribution in [0.2, 0.25) is 0 Å². The van der Waals surface area contributed by atoms with E-state index in [9.17, 15) is 9.90 Å². The summed E-state index contributed by atoms with van der Waals surface area (Å²) >= 11 is 0. The third-order valence-electron chi connectivity index (χ3n) is 2.40. The van der Waals surface area contributed by atoms with Crippen molar-refractivity contribution in [2.45, 2.75) is 32.9 Å². The molecule has 0 saturated carbocycles. The van der Waals surface area contributed by atoms with Gasteiger partial charge in [0.25, 0.3) is 0 Å². The Morgan fingerprint density at radius 2 is 2.10 bits per heavy atom. The molecule has 0 aliphatic heterocycles. The Labute approximate surface area is 121 Å². The molecule has 0 aliphatic carbocycles. The van der Waals surface area contributed by atoms with Crippen molar-refractivity contribution in [1.29, 1.82) is 0 Å². The first-order valence-corrected chi connectivity index (χ1v) is 6.43. The monoisotopic (exact) mass is 291 g/mol. The van der Waals surface area contributed by atoms with Gasteiger partial charge in [-0.1, -0.05) is 17.3 Å². The Hall–Kier alpha value is -2.57. The standard InChI is InChI=1S/C14H17N3O4/c1-14(2,3)20-13(19)15-8-11-16-12(17-21-11)9-6-4-5-7-10(9)18/h4-7,18H,8H2,1-3H3,(H,15,19). The lowest BCUT2D eigenvalue weighted by molar-refractivity contribution is 0.0518. The second-order valence-electron chi connectivity index (χ2n) is 5.38. The van der Waals surface area contributed by atoms with E-state index in [0.717, 1.165) is 0 Å². The number of para-hydroxylation sites is 1. The van der Waals surface area contributed by atoms with Crippen LogP contribution in [0, 0.1) is 0 Å². The molecule has 0 aliphatic rings. The number of alkyl carbamates (subject to hydrolysis) is 1. The highest BCUT2D eigenvalue weighted by Gasteiger charge is 2.17. The van der Waals surface area contributed by atoms with Gasteiger partial charge in [0, 0.05) is 0 Å². The highest BCUT2D eigenvalue weighted by Crippen LogP contribution is 2.25. The number of carbonyl (C=O) groups excluding carboxylic acids is 1. The molecule has 21 heavy (non-hydrogen) atoms. The smallest absolute Gasteiger partial charge is 0.408 e. The van der Waals surface area contributed by atoms with Gasteiger partial charge in [0.15, 0.2) is 0 Å². The Balaban J connectivity index is 1.98. The number of amides is 1. The highest BCUT2D eigenvalue weighted by molar-refractivity contribution is 5.67. The number of hydrogen-bond acceptors (Lipinski definition) is 6. The average molecular weight is 291 g/mol. The summed E-state index contributed by atoms with van der Waals surface area (Å²) in [6, 6.07) is 6.66. The summed E-state index contributed by atoms with van der Waals surface area (Å²) < 4.78 is 10.1. The molecule has 7 heteroatoms. The molecule has 0 spiro atoms. The van der Waals surface area contributed by atoms with Crippen molar-refractivity contribution < 1.29 is 19.2 Å². The minimum atomic E-state index is -0.570. The quantitative estimate of drug-likeness (QED) is 0.901. The molecule has 0 saturated heterocycles. The van der Waals surface area contributed by atoms with E-state index in [0.29, 0.717) is 5.56 Å². The first kappa shape index (κ1) is 14.8. The van der Waals surface area contributed by atoms with E-state index in [2.05, 4.69) is 15.5 Å². The van der Waals surface area contributed by atoms with E-state index >= 15 is 0 Å². The molecule has 0 unspecified atom stereocenters. The number of ether oxygens (including phenoxy) is 1. The summed E-state index contributed by atoms with van der Waals surface area (Å²) in [4.78, 5) is 15.6. The molecule has 112 valence electrons. The van der Waals surface area contributed by atoms with Crippen LogP contribution in [0.5, 0.6) is 5.75 Å². The van der Waals surface area contributed by atoms with Gasteiger partial charge in [-0.05, 0) is 32.9 Å². The van der Waals surface area contributed by atoms with Gasteiger partial charge < -0.3 is 19.7 Å². The molecule has 7 nitrogen and oxygen atoms in total. The van der Waals surface area contributed by atoms with Gasteiger partial charge in [-0.3, -0.25) is 0 Å². The molecule has 0 radical (unpaired) electrons. The zero-order chi connectivity index (χ0) is 15.5. The third kappa shape index (κ3) is 4.20. The lowest BCUT2D eigenvalue weighted by atomic mass is 10.2. The van der Waals surface area contributed by atoms with Crippen molar-refractivity contribution >= 4 is 6.09 Å². The van der Waals surface area contributed by atoms with Crippen LogP contribution in [0.25, 0.3) is 11.4 Å². The SMILES string of the molecule is CC(C)(C)OC(=O)NCc1nc(-c2ccccc2O)no1. The van der Waals surface area contributed by atoms with Crippen LogP contribution in [0.1, 0.15) is 26.7 Å². The van der Waals surface area contributed by atoms with Crippen molar-refractivity contribution in [3.05, 3.63) is 30.2 Å². The second-order valence-corrected chi connectivity index (χ2v) is 5.38. The molecule has 0 bridgehead atoms. The van der Waals surface area contributed by atoms with Gasteiger partial charge in [-0.2, -0.15) is 4.98 Å². The largest absolute Gasteiger partial charge is 0.507 e. The van der Waals surface area contributed by atoms with Crippen LogP contribution in [0.4, 0.5) is 4.79 Å². The summed E-state index contributed by atoms with van der Waals surface area (Å²) in [7, 11) is 0. The lowest BCUT2D eigenvalue weighted by Crippen LogP contribution is -2.32. The number of phenolic OH excluding ortho intramolecular Hbond substituents is 1. The zero-order valence-electron chi connectivity index (χ0n) is 12.1. The molecular formula is C14H17N3O4. The van der Waals surface area contributed by atoms with Gasteiger partial charge in [-0.15, -0.1) is 0 Å². The van der Waals surface area contributed by atoms with Crippen molar-refractivity contribution in [2.75, 3.05) is 0 Å². The summed E-state index contributed by atoms with van der Waals surface area (Å²) in [5, 5.41) is 16.0. The number of nitrogens with one attached hydrogen (secondary N) is 1. The number of hydrogen-bond donors (Lipinski definition) is 2. The first-order chi connectivity index (χ1) is 9.85. The summed E-state index contributed by atoms with van der Waals surface area (Å²) in [6.07, 6.45) is -0.565. The number of rotatable bonds is 3. The van der Waals surface area contributed by atoms with Crippen LogP contribution in [-0.4, -0.2) is 26.9 Å². The van der Waals surface area contributed by atoms with Crippen LogP contribution >= 0.6 is 0 Å². The fourth-order valence-electron chi connectivity index (χ4n) is 1.56. The van der Waals surface area contributed by atoms with Gasteiger partial charge in [0.05, 0.1) is 5.56 Å². The number of benzene rings is 1. The predicted molar refractivity (Wildman–Crippen MR) is 74.5 cm³/mol. The second kappa shape index (κ2) is 5.82. The number of aromatic hydroxyl groups is 1. The third-order valence-corrected chi connectivity index (χ3v) is 2.40. The Morgan fingerprint density at radius 3 is 2.76 bits per heavy atom. The van der Waals surface area contributed by atoms with Crippen molar-refractivity contribution in [1.82, 2.24) is 15.5 Å². The Kier molecular flexibility index (Phi) is 4.11. The fraction of sp³-hybridized carbons (Fsp3) is 0.357. The van der Waals surface area contributed by atoms with Crippen molar-refractivity contribution in [3.8, 4) is 17.1 Å². The highest BCUT2D eigenvalue weighted by atomic mass is 16.6. The van der Waals surface area contributed by atoms with Gasteiger partial charge >= 0.3 is 6.09 Å². The Morgan fingerprint density at radius 1 is 1.38 bits per heavy atom. The maximum Gasteiger partial charge on any atom is 0.408 e. The number of nitrogens with zero attached hydrogens (tertiary/aromatic N) is 2. The molecule has 1 aromatic heterocycles. The topological polar surface area (TPSA) is 97.5 Å². The van der Waals surface area contributed by atoms with Gasteiger partial charge in [0.1, 0.15) is 17.9 Å². The Bertz CT molecular complexity index is 631. The molecule has 2 N–H and O–H groups in total. The maximum absolute atomic E-state index is 11.5. The molecule has 0 atom stereocenters. The summed E-state index contributed by atoms with van der Waals surface area (Å²) in [5.74, 6) is 0.540. The van der Waals surface area contributed by atoms with E-state index in [4.69, 9.17) is 9.26 Å². The van der Waals surface area contributed by atoms with Gasteiger partial charge in [0.2, 0.25) is 11.7 Å². The molecular weight excluding hydrogens is 274 g/mol. The average Bonchev–Trinajstić information content (AvgIpc) is 2.83. The van der Waals surface area contributed by atoms with E-state index in [1.54, 1.807) is 39.0 Å². The van der Waals surface area contributed by atoms with E-state index < -0.39 is 11.7 Å². The molecule has 1 heterocycles. The summed E-state index contributed by atoms with van der Waals surface area (Å²) in [5.41, 5.74) is -0.107. The predicted octanol–water partition coefficient (Wildman–Crippen LogP) is 2.47. The number of carbonyl (C=O) groups is 1. The van der Waals surface area contributed by atoms with E-state index in [1.165, 1.54) is 6.07 Å². The lowest BCUT2D eigenvalue weighted by Gasteiger charge is -2.19. The maximum atomic E-state index is 11.5.